The summed E-state index contributed by atoms with van der Waals surface area (Å²) in [6, 6.07) is 10.4. The number of amides is 3. The van der Waals surface area contributed by atoms with Gasteiger partial charge in [-0.25, -0.2) is 4.79 Å². The second kappa shape index (κ2) is 6.00. The number of para-hydroxylation sites is 1. The number of anilines is 1. The van der Waals surface area contributed by atoms with Gasteiger partial charge in [0.1, 0.15) is 11.2 Å². The second-order valence-corrected chi connectivity index (χ2v) is 5.20. The third-order valence-electron chi connectivity index (χ3n) is 3.57. The van der Waals surface area contributed by atoms with E-state index >= 15 is 0 Å². The van der Waals surface area contributed by atoms with Gasteiger partial charge in [-0.3, -0.25) is 4.79 Å². The molecule has 2 aromatic carbocycles. The molecule has 0 saturated carbocycles. The van der Waals surface area contributed by atoms with E-state index in [0.717, 1.165) is 11.8 Å². The number of nitrogens with two attached hydrogens (primary N) is 1. The van der Waals surface area contributed by atoms with Gasteiger partial charge in [-0.05, 0) is 24.6 Å². The molecule has 118 valence electrons. The molecular formula is C17H17N3O3. The molecule has 0 fully saturated rings. The van der Waals surface area contributed by atoms with E-state index in [-0.39, 0.29) is 11.6 Å². The Morgan fingerprint density at radius 3 is 2.65 bits per heavy atom. The van der Waals surface area contributed by atoms with Crippen molar-refractivity contribution in [1.29, 1.82) is 0 Å². The molecule has 3 amide bonds. The summed E-state index contributed by atoms with van der Waals surface area (Å²) in [6.45, 7) is 2.51. The summed E-state index contributed by atoms with van der Waals surface area (Å²) in [5.74, 6) is -0.618. The lowest BCUT2D eigenvalue weighted by Crippen LogP contribution is -2.30. The van der Waals surface area contributed by atoms with Crippen molar-refractivity contribution in [3.63, 3.8) is 0 Å². The highest BCUT2D eigenvalue weighted by atomic mass is 16.3. The third-order valence-corrected chi connectivity index (χ3v) is 3.57. The van der Waals surface area contributed by atoms with Gasteiger partial charge >= 0.3 is 6.03 Å². The van der Waals surface area contributed by atoms with E-state index < -0.39 is 5.91 Å². The third kappa shape index (κ3) is 2.70. The molecule has 0 aliphatic carbocycles. The zero-order valence-corrected chi connectivity index (χ0v) is 12.7. The van der Waals surface area contributed by atoms with Gasteiger partial charge in [0.2, 0.25) is 0 Å². The van der Waals surface area contributed by atoms with Crippen LogP contribution < -0.4 is 16.4 Å². The van der Waals surface area contributed by atoms with Crippen molar-refractivity contribution in [2.45, 2.75) is 13.3 Å². The topological polar surface area (TPSA) is 97.4 Å². The minimum atomic E-state index is -0.618. The minimum Gasteiger partial charge on any atom is -0.456 e. The number of rotatable bonds is 4. The number of primary amides is 1. The molecule has 3 rings (SSSR count). The summed E-state index contributed by atoms with van der Waals surface area (Å²) in [5, 5.41) is 6.78. The minimum absolute atomic E-state index is 0.249. The molecule has 23 heavy (non-hydrogen) atoms. The standard InChI is InChI=1S/C17H17N3O3/c1-2-9-19-17(22)20-11-7-8-13-14(15(11)16(18)21)10-5-3-4-6-12(10)23-13/h3-8H,2,9H2,1H3,(H2,18,21)(H2,19,20,22). The molecule has 0 spiro atoms. The van der Waals surface area contributed by atoms with Gasteiger partial charge in [0.05, 0.1) is 11.3 Å². The average Bonchev–Trinajstić information content (AvgIpc) is 2.91. The first-order chi connectivity index (χ1) is 11.1. The number of benzene rings is 2. The van der Waals surface area contributed by atoms with Crippen molar-refractivity contribution in [2.24, 2.45) is 5.73 Å². The molecule has 0 saturated heterocycles. The number of hydrogen-bond acceptors (Lipinski definition) is 3. The molecule has 4 N–H and O–H groups in total. The van der Waals surface area contributed by atoms with E-state index in [0.29, 0.717) is 28.8 Å². The molecule has 0 aliphatic rings. The Labute approximate surface area is 132 Å². The van der Waals surface area contributed by atoms with Crippen LogP contribution in [0.4, 0.5) is 10.5 Å². The molecule has 0 atom stereocenters. The van der Waals surface area contributed by atoms with Gasteiger partial charge < -0.3 is 20.8 Å². The normalized spacial score (nSPS) is 10.8. The number of fused-ring (bicyclic) bond motifs is 3. The van der Waals surface area contributed by atoms with Crippen LogP contribution >= 0.6 is 0 Å². The molecule has 1 heterocycles. The molecule has 0 unspecified atom stereocenters. The van der Waals surface area contributed by atoms with Crippen LogP contribution in [0.1, 0.15) is 23.7 Å². The predicted octanol–water partition coefficient (Wildman–Crippen LogP) is 3.22. The van der Waals surface area contributed by atoms with E-state index in [9.17, 15) is 9.59 Å². The maximum Gasteiger partial charge on any atom is 0.319 e. The van der Waals surface area contributed by atoms with Crippen LogP contribution in [0.25, 0.3) is 21.9 Å². The molecule has 3 aromatic rings. The SMILES string of the molecule is CCCNC(=O)Nc1ccc2oc3ccccc3c2c1C(N)=O. The first-order valence-electron chi connectivity index (χ1n) is 7.40. The Morgan fingerprint density at radius 1 is 1.13 bits per heavy atom. The Bertz CT molecular complexity index is 899. The lowest BCUT2D eigenvalue weighted by molar-refractivity contribution is 0.100. The lowest BCUT2D eigenvalue weighted by Gasteiger charge is -2.10. The molecule has 0 aliphatic heterocycles. The molecule has 6 heteroatoms. The highest BCUT2D eigenvalue weighted by Crippen LogP contribution is 2.34. The zero-order chi connectivity index (χ0) is 16.4. The van der Waals surface area contributed by atoms with Crippen LogP contribution in [0.3, 0.4) is 0 Å². The summed E-state index contributed by atoms with van der Waals surface area (Å²) in [6.07, 6.45) is 0.821. The van der Waals surface area contributed by atoms with Crippen molar-refractivity contribution < 1.29 is 14.0 Å². The van der Waals surface area contributed by atoms with Gasteiger partial charge in [0.25, 0.3) is 5.91 Å². The largest absolute Gasteiger partial charge is 0.456 e. The summed E-state index contributed by atoms with van der Waals surface area (Å²) in [7, 11) is 0. The highest BCUT2D eigenvalue weighted by molar-refractivity contribution is 6.20. The molecule has 0 bridgehead atoms. The fourth-order valence-corrected chi connectivity index (χ4v) is 2.58. The molecule has 0 radical (unpaired) electrons. The van der Waals surface area contributed by atoms with Gasteiger partial charge in [-0.15, -0.1) is 0 Å². The quantitative estimate of drug-likeness (QED) is 0.690. The van der Waals surface area contributed by atoms with E-state index in [1.54, 1.807) is 12.1 Å². The van der Waals surface area contributed by atoms with Gasteiger partial charge in [0, 0.05) is 17.3 Å². The first kappa shape index (κ1) is 14.9. The van der Waals surface area contributed by atoms with Crippen LogP contribution in [-0.4, -0.2) is 18.5 Å². The van der Waals surface area contributed by atoms with Crippen LogP contribution in [0, 0.1) is 0 Å². The van der Waals surface area contributed by atoms with Crippen LogP contribution in [-0.2, 0) is 0 Å². The molecular weight excluding hydrogens is 294 g/mol. The van der Waals surface area contributed by atoms with Crippen molar-refractivity contribution in [3.8, 4) is 0 Å². The maximum absolute atomic E-state index is 12.0. The average molecular weight is 311 g/mol. The van der Waals surface area contributed by atoms with Crippen LogP contribution in [0.15, 0.2) is 40.8 Å². The van der Waals surface area contributed by atoms with Crippen molar-refractivity contribution in [3.05, 3.63) is 42.0 Å². The highest BCUT2D eigenvalue weighted by Gasteiger charge is 2.19. The summed E-state index contributed by atoms with van der Waals surface area (Å²) in [5.41, 5.74) is 7.39. The zero-order valence-electron chi connectivity index (χ0n) is 12.7. The van der Waals surface area contributed by atoms with Crippen molar-refractivity contribution >= 4 is 39.6 Å². The second-order valence-electron chi connectivity index (χ2n) is 5.20. The van der Waals surface area contributed by atoms with E-state index in [2.05, 4.69) is 10.6 Å². The number of carbonyl (C=O) groups is 2. The van der Waals surface area contributed by atoms with Crippen molar-refractivity contribution in [2.75, 3.05) is 11.9 Å². The molecule has 1 aromatic heterocycles. The van der Waals surface area contributed by atoms with Crippen LogP contribution in [0.2, 0.25) is 0 Å². The number of furan rings is 1. The maximum atomic E-state index is 12.0. The van der Waals surface area contributed by atoms with Gasteiger partial charge in [-0.1, -0.05) is 25.1 Å². The lowest BCUT2D eigenvalue weighted by atomic mass is 10.0. The first-order valence-corrected chi connectivity index (χ1v) is 7.40. The fraction of sp³-hybridized carbons (Fsp3) is 0.176. The van der Waals surface area contributed by atoms with Crippen molar-refractivity contribution in [1.82, 2.24) is 5.32 Å². The van der Waals surface area contributed by atoms with E-state index in [1.807, 2.05) is 31.2 Å². The fourth-order valence-electron chi connectivity index (χ4n) is 2.58. The summed E-state index contributed by atoms with van der Waals surface area (Å²) >= 11 is 0. The Morgan fingerprint density at radius 2 is 1.91 bits per heavy atom. The smallest absolute Gasteiger partial charge is 0.319 e. The van der Waals surface area contributed by atoms with Gasteiger partial charge in [0.15, 0.2) is 0 Å². The van der Waals surface area contributed by atoms with E-state index in [4.69, 9.17) is 10.2 Å². The Hall–Kier alpha value is -3.02. The summed E-state index contributed by atoms with van der Waals surface area (Å²) in [4.78, 5) is 23.9. The number of carbonyl (C=O) groups excluding carboxylic acids is 2. The van der Waals surface area contributed by atoms with Gasteiger partial charge in [-0.2, -0.15) is 0 Å². The van der Waals surface area contributed by atoms with E-state index in [1.165, 1.54) is 0 Å². The number of nitrogens with one attached hydrogen (secondary N) is 2. The Kier molecular flexibility index (Phi) is 3.89. The van der Waals surface area contributed by atoms with Crippen LogP contribution in [0.5, 0.6) is 0 Å². The monoisotopic (exact) mass is 311 g/mol. The number of hydrogen-bond donors (Lipinski definition) is 3. The molecule has 6 nitrogen and oxygen atoms in total. The summed E-state index contributed by atoms with van der Waals surface area (Å²) < 4.78 is 5.73. The predicted molar refractivity (Wildman–Crippen MR) is 89.6 cm³/mol. The number of urea groups is 1. The Balaban J connectivity index is 2.15.